The van der Waals surface area contributed by atoms with Crippen LogP contribution in [0.5, 0.6) is 11.5 Å². The molecule has 50 heavy (non-hydrogen) atoms. The van der Waals surface area contributed by atoms with Crippen molar-refractivity contribution in [2.45, 2.75) is 27.7 Å². The summed E-state index contributed by atoms with van der Waals surface area (Å²) in [5.74, 6) is -1.92. The zero-order valence-corrected chi connectivity index (χ0v) is 29.3. The van der Waals surface area contributed by atoms with Gasteiger partial charge in [0.05, 0.1) is 22.8 Å². The van der Waals surface area contributed by atoms with E-state index in [0.29, 0.717) is 34.2 Å². The number of aromatic nitrogens is 2. The van der Waals surface area contributed by atoms with Crippen LogP contribution in [0.4, 0.5) is 0 Å². The molecule has 0 saturated carbocycles. The van der Waals surface area contributed by atoms with Crippen molar-refractivity contribution in [2.24, 2.45) is 20.4 Å². The largest absolute Gasteiger partial charge is 2.00 e. The first-order valence-corrected chi connectivity index (χ1v) is 14.5. The second-order valence-corrected chi connectivity index (χ2v) is 10.2. The second kappa shape index (κ2) is 21.0. The Hall–Kier alpha value is -6.05. The number of benzene rings is 2. The minimum absolute atomic E-state index is 0. The van der Waals surface area contributed by atoms with Gasteiger partial charge in [-0.1, -0.05) is 48.5 Å². The molecule has 15 heteroatoms. The number of ketones is 2. The van der Waals surface area contributed by atoms with E-state index in [9.17, 15) is 34.8 Å². The zero-order valence-electron chi connectivity index (χ0n) is 28.1. The van der Waals surface area contributed by atoms with Gasteiger partial charge in [0.15, 0.2) is 11.6 Å². The summed E-state index contributed by atoms with van der Waals surface area (Å²) in [5.41, 5.74) is 2.49. The Morgan fingerprint density at radius 3 is 1.22 bits per heavy atom. The first-order chi connectivity index (χ1) is 23.2. The molecule has 2 aromatic heterocycles. The quantitative estimate of drug-likeness (QED) is 0.0648. The molecule has 4 aromatic rings. The van der Waals surface area contributed by atoms with Gasteiger partial charge in [-0.3, -0.25) is 14.4 Å². The predicted octanol–water partition coefficient (Wildman–Crippen LogP) is 2.74. The molecule has 0 aliphatic carbocycles. The van der Waals surface area contributed by atoms with Crippen molar-refractivity contribution < 1.29 is 51.9 Å². The normalized spacial score (nSPS) is 11.5. The molecular weight excluding hydrogens is 685 g/mol. The monoisotopic (exact) mass is 720 g/mol. The third-order valence-corrected chi connectivity index (χ3v) is 6.02. The number of rotatable bonds is 9. The van der Waals surface area contributed by atoms with E-state index in [1.165, 1.54) is 43.0 Å². The van der Waals surface area contributed by atoms with Gasteiger partial charge in [-0.2, -0.15) is 20.4 Å². The number of carbonyl (C=O) groups is 3. The van der Waals surface area contributed by atoms with E-state index >= 15 is 0 Å². The molecule has 0 spiro atoms. The molecule has 0 aliphatic heterocycles. The maximum Gasteiger partial charge on any atom is 2.00 e. The van der Waals surface area contributed by atoms with Gasteiger partial charge in [-0.05, 0) is 50.2 Å². The third-order valence-electron chi connectivity index (χ3n) is 6.02. The average molecular weight is 721 g/mol. The smallest absolute Gasteiger partial charge is 0.857 e. The summed E-state index contributed by atoms with van der Waals surface area (Å²) < 4.78 is 0. The van der Waals surface area contributed by atoms with E-state index in [4.69, 9.17) is 0 Å². The number of phenolic OH excluding ortho intramolecular Hbond substituents is 2. The van der Waals surface area contributed by atoms with Crippen molar-refractivity contribution in [1.82, 2.24) is 14.9 Å². The molecule has 2 heterocycles. The number of phenols is 2. The molecule has 0 fully saturated rings. The molecule has 0 atom stereocenters. The Morgan fingerprint density at radius 1 is 0.600 bits per heavy atom. The summed E-state index contributed by atoms with van der Waals surface area (Å²) >= 11 is 0. The number of amides is 1. The molecule has 1 amide bonds. The molecule has 14 nitrogen and oxygen atoms in total. The summed E-state index contributed by atoms with van der Waals surface area (Å²) in [6, 6.07) is 22.1. The van der Waals surface area contributed by atoms with Gasteiger partial charge in [0.25, 0.3) is 0 Å². The van der Waals surface area contributed by atoms with Crippen LogP contribution in [0, 0.1) is 0 Å². The van der Waals surface area contributed by atoms with Crippen molar-refractivity contribution in [1.29, 1.82) is 0 Å². The number of Topliss-reactive ketones (excluding diaryl/α,β-unsaturated/α-hetero) is 2. The van der Waals surface area contributed by atoms with E-state index in [0.717, 1.165) is 6.41 Å². The van der Waals surface area contributed by atoms with Crippen molar-refractivity contribution in [3.63, 3.8) is 0 Å². The average Bonchev–Trinajstić information content (AvgIpc) is 3.10. The summed E-state index contributed by atoms with van der Waals surface area (Å²) in [6.07, 6.45) is 0.750. The van der Waals surface area contributed by atoms with Gasteiger partial charge in [0.1, 0.15) is 22.9 Å². The van der Waals surface area contributed by atoms with Crippen LogP contribution >= 0.6 is 0 Å². The predicted molar refractivity (Wildman–Crippen MR) is 182 cm³/mol. The SMILES string of the molecule is CC(=O)c1cccc(/C(C)=N/N=C(\[O-])c2ccccc2O)n1.CC(=O)c1cccc(/C(C)=N/N=C(\[O-])c2ccccc2O)n1.CN(C)C=O.[Mn+2]. The second-order valence-electron chi connectivity index (χ2n) is 10.2. The first-order valence-electron chi connectivity index (χ1n) is 14.5. The fraction of sp³-hybridized carbons (Fsp3) is 0.171. The number of hydrogen-bond donors (Lipinski definition) is 2. The van der Waals surface area contributed by atoms with Gasteiger partial charge in [-0.15, -0.1) is 0 Å². The Bertz CT molecular complexity index is 1780. The summed E-state index contributed by atoms with van der Waals surface area (Å²) in [5, 5.41) is 57.7. The molecule has 1 radical (unpaired) electrons. The number of carbonyl (C=O) groups excluding carboxylic acids is 3. The van der Waals surface area contributed by atoms with E-state index in [1.807, 2.05) is 0 Å². The molecule has 2 aromatic carbocycles. The number of hydrogen-bond acceptors (Lipinski definition) is 13. The van der Waals surface area contributed by atoms with E-state index in [2.05, 4.69) is 30.4 Å². The number of aromatic hydroxyl groups is 2. The van der Waals surface area contributed by atoms with Crippen LogP contribution in [-0.2, 0) is 21.9 Å². The topological polar surface area (TPSA) is 216 Å². The number of pyridine rings is 2. The molecule has 259 valence electrons. The molecular formula is C35H35MnN7O7. The molecule has 4 rings (SSSR count). The van der Waals surface area contributed by atoms with Gasteiger partial charge in [-0.25, -0.2) is 9.97 Å². The van der Waals surface area contributed by atoms with Gasteiger partial charge < -0.3 is 25.3 Å². The maximum absolute atomic E-state index is 11.9. The van der Waals surface area contributed by atoms with Gasteiger partial charge in [0.2, 0.25) is 6.41 Å². The summed E-state index contributed by atoms with van der Waals surface area (Å²) in [6.45, 7) is 6.11. The van der Waals surface area contributed by atoms with Crippen LogP contribution in [0.1, 0.15) is 71.2 Å². The molecule has 2 N–H and O–H groups in total. The van der Waals surface area contributed by atoms with E-state index in [1.54, 1.807) is 88.6 Å². The van der Waals surface area contributed by atoms with Crippen LogP contribution in [0.2, 0.25) is 0 Å². The Morgan fingerprint density at radius 2 is 0.920 bits per heavy atom. The molecule has 0 aliphatic rings. The van der Waals surface area contributed by atoms with Crippen LogP contribution in [0.3, 0.4) is 0 Å². The molecule has 0 saturated heterocycles. The van der Waals surface area contributed by atoms with Crippen molar-refractivity contribution >= 4 is 41.2 Å². The maximum atomic E-state index is 11.9. The van der Waals surface area contributed by atoms with Crippen molar-refractivity contribution in [2.75, 3.05) is 14.1 Å². The van der Waals surface area contributed by atoms with Crippen LogP contribution in [-0.4, -0.2) is 80.4 Å². The number of nitrogens with zero attached hydrogens (tertiary/aromatic N) is 7. The standard InChI is InChI=1S/2C16H15N3O3.C3H7NO.Mn/c2*1-10(13-7-5-8-14(17-13)11(2)20)18-19-16(22)12-6-3-4-9-15(12)21;1-4(2)3-5;/h2*3-9,21H,1-2H3,(H,19,22);3H,1-2H3;/q;;;+2/p-2/b2*18-10+;;. The zero-order chi connectivity index (χ0) is 36.5. The fourth-order valence-electron chi connectivity index (χ4n) is 3.42. The van der Waals surface area contributed by atoms with Crippen molar-refractivity contribution in [3.8, 4) is 11.5 Å². The van der Waals surface area contributed by atoms with Crippen LogP contribution in [0.25, 0.3) is 0 Å². The van der Waals surface area contributed by atoms with E-state index < -0.39 is 11.8 Å². The first kappa shape index (κ1) is 42.0. The van der Waals surface area contributed by atoms with Crippen LogP contribution in [0.15, 0.2) is 105 Å². The fourth-order valence-corrected chi connectivity index (χ4v) is 3.42. The Labute approximate surface area is 299 Å². The van der Waals surface area contributed by atoms with Gasteiger partial charge in [0, 0.05) is 50.9 Å². The Balaban J connectivity index is 0.000000433. The number of para-hydroxylation sites is 2. The van der Waals surface area contributed by atoms with Gasteiger partial charge >= 0.3 is 17.1 Å². The van der Waals surface area contributed by atoms with Crippen molar-refractivity contribution in [3.05, 3.63) is 119 Å². The van der Waals surface area contributed by atoms with E-state index in [-0.39, 0.29) is 51.3 Å². The minimum Gasteiger partial charge on any atom is -0.857 e. The minimum atomic E-state index is -0.653. The summed E-state index contributed by atoms with van der Waals surface area (Å²) in [4.78, 5) is 41.8. The van der Waals surface area contributed by atoms with Crippen LogP contribution < -0.4 is 10.2 Å². The molecule has 0 unspecified atom stereocenters. The summed E-state index contributed by atoms with van der Waals surface area (Å²) in [7, 11) is 3.38. The Kier molecular flexibility index (Phi) is 17.7. The third kappa shape index (κ3) is 13.6. The molecule has 0 bridgehead atoms.